The molecule has 0 bridgehead atoms. The second-order valence-corrected chi connectivity index (χ2v) is 10.3. The summed E-state index contributed by atoms with van der Waals surface area (Å²) in [4.78, 5) is 15.4. The topological polar surface area (TPSA) is 76.2 Å². The Kier molecular flexibility index (Phi) is 6.53. The first kappa shape index (κ1) is 21.4. The van der Waals surface area contributed by atoms with Crippen molar-refractivity contribution >= 4 is 15.9 Å². The predicted molar refractivity (Wildman–Crippen MR) is 113 cm³/mol. The van der Waals surface area contributed by atoms with Gasteiger partial charge in [-0.1, -0.05) is 19.3 Å². The third-order valence-corrected chi connectivity index (χ3v) is 8.49. The van der Waals surface area contributed by atoms with E-state index in [1.807, 2.05) is 6.92 Å². The molecule has 0 atom stereocenters. The molecule has 1 saturated carbocycles. The van der Waals surface area contributed by atoms with E-state index in [9.17, 15) is 13.2 Å². The van der Waals surface area contributed by atoms with Crippen molar-refractivity contribution in [3.8, 4) is 11.5 Å². The number of sulfonamides is 1. The van der Waals surface area contributed by atoms with E-state index in [2.05, 4.69) is 4.90 Å². The van der Waals surface area contributed by atoms with E-state index in [4.69, 9.17) is 9.47 Å². The summed E-state index contributed by atoms with van der Waals surface area (Å²) in [6.07, 6.45) is 6.99. The van der Waals surface area contributed by atoms with Gasteiger partial charge in [0.05, 0.1) is 4.90 Å². The van der Waals surface area contributed by atoms with E-state index in [1.165, 1.54) is 23.6 Å². The average Bonchev–Trinajstić information content (AvgIpc) is 2.80. The zero-order valence-electron chi connectivity index (χ0n) is 17.7. The summed E-state index contributed by atoms with van der Waals surface area (Å²) in [7, 11) is -3.62. The second kappa shape index (κ2) is 9.14. The maximum absolute atomic E-state index is 13.1. The predicted octanol–water partition coefficient (Wildman–Crippen LogP) is 3.04. The van der Waals surface area contributed by atoms with Crippen LogP contribution >= 0.6 is 0 Å². The molecular formula is C22H32N2O5S. The number of amides is 1. The molecule has 1 saturated heterocycles. The summed E-state index contributed by atoms with van der Waals surface area (Å²) in [6, 6.07) is 5.13. The zero-order valence-corrected chi connectivity index (χ0v) is 18.5. The molecule has 0 radical (unpaired) electrons. The minimum Gasteiger partial charge on any atom is -0.486 e. The summed E-state index contributed by atoms with van der Waals surface area (Å²) in [5, 5.41) is 0. The first-order chi connectivity index (χ1) is 14.5. The molecule has 30 heavy (non-hydrogen) atoms. The molecule has 2 fully saturated rings. The number of hydrogen-bond acceptors (Lipinski definition) is 5. The molecule has 1 amide bonds. The molecule has 7 nitrogen and oxygen atoms in total. The molecule has 2 aliphatic heterocycles. The van der Waals surface area contributed by atoms with Crippen LogP contribution in [0, 0.1) is 5.92 Å². The molecule has 8 heteroatoms. The van der Waals surface area contributed by atoms with Crippen molar-refractivity contribution in [2.75, 3.05) is 32.8 Å². The van der Waals surface area contributed by atoms with Crippen LogP contribution in [-0.4, -0.2) is 62.4 Å². The Hall–Kier alpha value is -1.80. The van der Waals surface area contributed by atoms with E-state index in [-0.39, 0.29) is 16.7 Å². The van der Waals surface area contributed by atoms with Gasteiger partial charge in [-0.15, -0.1) is 0 Å². The highest BCUT2D eigenvalue weighted by Crippen LogP contribution is 2.34. The van der Waals surface area contributed by atoms with Crippen LogP contribution in [0.25, 0.3) is 0 Å². The van der Waals surface area contributed by atoms with Crippen LogP contribution in [0.1, 0.15) is 51.9 Å². The highest BCUT2D eigenvalue weighted by atomic mass is 32.2. The molecule has 2 heterocycles. The first-order valence-corrected chi connectivity index (χ1v) is 12.6. The molecule has 0 spiro atoms. The smallest absolute Gasteiger partial charge is 0.243 e. The van der Waals surface area contributed by atoms with E-state index in [0.29, 0.717) is 56.7 Å². The number of hydrogen-bond donors (Lipinski definition) is 0. The van der Waals surface area contributed by atoms with Crippen molar-refractivity contribution in [3.63, 3.8) is 0 Å². The first-order valence-electron chi connectivity index (χ1n) is 11.2. The Bertz CT molecular complexity index is 858. The van der Waals surface area contributed by atoms with Gasteiger partial charge in [0, 0.05) is 37.7 Å². The molecule has 0 N–H and O–H groups in total. The number of fused-ring (bicyclic) bond motifs is 1. The number of carbonyl (C=O) groups excluding carboxylic acids is 1. The maximum Gasteiger partial charge on any atom is 0.243 e. The Morgan fingerprint density at radius 3 is 2.37 bits per heavy atom. The fourth-order valence-electron chi connectivity index (χ4n) is 4.90. The molecule has 1 aliphatic carbocycles. The number of rotatable bonds is 5. The molecule has 4 rings (SSSR count). The molecule has 0 aromatic heterocycles. The summed E-state index contributed by atoms with van der Waals surface area (Å²) in [5.41, 5.74) is 0. The monoisotopic (exact) mass is 436 g/mol. The number of piperidine rings is 1. The lowest BCUT2D eigenvalue weighted by atomic mass is 9.91. The fraction of sp³-hybridized carbons (Fsp3) is 0.682. The van der Waals surface area contributed by atoms with Gasteiger partial charge in [0.15, 0.2) is 11.5 Å². The van der Waals surface area contributed by atoms with Crippen molar-refractivity contribution in [1.29, 1.82) is 0 Å². The molecule has 3 aliphatic rings. The Labute approximate surface area is 179 Å². The van der Waals surface area contributed by atoms with Gasteiger partial charge in [0.25, 0.3) is 0 Å². The summed E-state index contributed by atoms with van der Waals surface area (Å²) < 4.78 is 38.8. The number of nitrogens with zero attached hydrogens (tertiary/aromatic N) is 2. The van der Waals surface area contributed by atoms with Crippen LogP contribution in [0.4, 0.5) is 0 Å². The second-order valence-electron chi connectivity index (χ2n) is 8.40. The minimum absolute atomic E-state index is 0.0846. The van der Waals surface area contributed by atoms with Gasteiger partial charge in [-0.25, -0.2) is 8.42 Å². The summed E-state index contributed by atoms with van der Waals surface area (Å²) in [5.74, 6) is 1.17. The van der Waals surface area contributed by atoms with Gasteiger partial charge in [0.2, 0.25) is 15.9 Å². The zero-order chi connectivity index (χ0) is 21.1. The SMILES string of the molecule is CCN(C(=O)C1CCN(S(=O)(=O)c2ccc3c(c2)OCCO3)CC1)C1CCCCC1. The quantitative estimate of drug-likeness (QED) is 0.709. The number of benzene rings is 1. The normalized spacial score (nSPS) is 21.4. The number of carbonyl (C=O) groups is 1. The Morgan fingerprint density at radius 2 is 1.70 bits per heavy atom. The van der Waals surface area contributed by atoms with Crippen LogP contribution in [0.3, 0.4) is 0 Å². The van der Waals surface area contributed by atoms with Crippen LogP contribution in [0.5, 0.6) is 11.5 Å². The molecule has 166 valence electrons. The largest absolute Gasteiger partial charge is 0.486 e. The highest BCUT2D eigenvalue weighted by molar-refractivity contribution is 7.89. The molecule has 0 unspecified atom stereocenters. The van der Waals surface area contributed by atoms with Crippen LogP contribution in [0.2, 0.25) is 0 Å². The van der Waals surface area contributed by atoms with Crippen molar-refractivity contribution in [2.24, 2.45) is 5.92 Å². The van der Waals surface area contributed by atoms with Crippen molar-refractivity contribution in [2.45, 2.75) is 62.8 Å². The highest BCUT2D eigenvalue weighted by Gasteiger charge is 2.35. The Morgan fingerprint density at radius 1 is 1.03 bits per heavy atom. The molecule has 1 aromatic rings. The lowest BCUT2D eigenvalue weighted by molar-refractivity contribution is -0.139. The molecule has 1 aromatic carbocycles. The van der Waals surface area contributed by atoms with Crippen LogP contribution in [0.15, 0.2) is 23.1 Å². The molecular weight excluding hydrogens is 404 g/mol. The van der Waals surface area contributed by atoms with Gasteiger partial charge < -0.3 is 14.4 Å². The third kappa shape index (κ3) is 4.30. The van der Waals surface area contributed by atoms with Gasteiger partial charge in [0.1, 0.15) is 13.2 Å². The van der Waals surface area contributed by atoms with Gasteiger partial charge in [-0.2, -0.15) is 4.31 Å². The van der Waals surface area contributed by atoms with Crippen LogP contribution in [-0.2, 0) is 14.8 Å². The van der Waals surface area contributed by atoms with E-state index < -0.39 is 10.0 Å². The fourth-order valence-corrected chi connectivity index (χ4v) is 6.38. The van der Waals surface area contributed by atoms with Crippen molar-refractivity contribution in [1.82, 2.24) is 9.21 Å². The Balaban J connectivity index is 1.40. The van der Waals surface area contributed by atoms with Gasteiger partial charge in [-0.3, -0.25) is 4.79 Å². The van der Waals surface area contributed by atoms with E-state index in [0.717, 1.165) is 19.4 Å². The van der Waals surface area contributed by atoms with Crippen LogP contribution < -0.4 is 9.47 Å². The van der Waals surface area contributed by atoms with Crippen molar-refractivity contribution < 1.29 is 22.7 Å². The lowest BCUT2D eigenvalue weighted by Gasteiger charge is -2.38. The van der Waals surface area contributed by atoms with E-state index >= 15 is 0 Å². The summed E-state index contributed by atoms with van der Waals surface area (Å²) >= 11 is 0. The maximum atomic E-state index is 13.1. The third-order valence-electron chi connectivity index (χ3n) is 6.59. The lowest BCUT2D eigenvalue weighted by Crippen LogP contribution is -2.48. The van der Waals surface area contributed by atoms with Crippen molar-refractivity contribution in [3.05, 3.63) is 18.2 Å². The minimum atomic E-state index is -3.62. The average molecular weight is 437 g/mol. The van der Waals surface area contributed by atoms with Gasteiger partial charge >= 0.3 is 0 Å². The number of ether oxygens (including phenoxy) is 2. The summed E-state index contributed by atoms with van der Waals surface area (Å²) in [6.45, 7) is 4.41. The van der Waals surface area contributed by atoms with E-state index in [1.54, 1.807) is 18.2 Å². The standard InChI is InChI=1S/C22H32N2O5S/c1-2-24(18-6-4-3-5-7-18)22(25)17-10-12-23(13-11-17)30(26,27)19-8-9-20-21(16-19)29-15-14-28-20/h8-9,16-18H,2-7,10-15H2,1H3. The van der Waals surface area contributed by atoms with Gasteiger partial charge in [-0.05, 0) is 44.7 Å².